The fraction of sp³-hybridized carbons (Fsp3) is 0.250. The van der Waals surface area contributed by atoms with E-state index in [0.717, 1.165) is 30.5 Å². The van der Waals surface area contributed by atoms with E-state index in [9.17, 15) is 13.2 Å². The van der Waals surface area contributed by atoms with Crippen LogP contribution in [0.1, 0.15) is 28.2 Å². The normalized spacial score (nSPS) is 13.0. The molecule has 9 nitrogen and oxygen atoms in total. The maximum Gasteiger partial charge on any atom is 0.276 e. The first kappa shape index (κ1) is 21.1. The van der Waals surface area contributed by atoms with E-state index in [4.69, 9.17) is 16.3 Å². The van der Waals surface area contributed by atoms with E-state index >= 15 is 0 Å². The van der Waals surface area contributed by atoms with Gasteiger partial charge in [-0.05, 0) is 49.6 Å². The van der Waals surface area contributed by atoms with Crippen molar-refractivity contribution in [3.63, 3.8) is 0 Å². The lowest BCUT2D eigenvalue weighted by atomic mass is 10.2. The summed E-state index contributed by atoms with van der Waals surface area (Å²) in [6.45, 7) is 0. The average molecular weight is 462 g/mol. The number of hydrogen-bond donors (Lipinski definition) is 2. The molecule has 11 heteroatoms. The van der Waals surface area contributed by atoms with E-state index in [1.807, 2.05) is 7.05 Å². The number of halogens is 1. The smallest absolute Gasteiger partial charge is 0.276 e. The van der Waals surface area contributed by atoms with Crippen molar-refractivity contribution in [2.24, 2.45) is 7.05 Å². The summed E-state index contributed by atoms with van der Waals surface area (Å²) < 4.78 is 35.2. The Bertz CT molecular complexity index is 1260. The summed E-state index contributed by atoms with van der Waals surface area (Å²) in [5.74, 6) is -0.516. The third-order valence-corrected chi connectivity index (χ3v) is 6.61. The van der Waals surface area contributed by atoms with Gasteiger partial charge in [0.05, 0.1) is 19.0 Å². The van der Waals surface area contributed by atoms with Crippen LogP contribution in [0.25, 0.3) is 0 Å². The number of fused-ring (bicyclic) bond motifs is 1. The predicted molar refractivity (Wildman–Crippen MR) is 116 cm³/mol. The van der Waals surface area contributed by atoms with E-state index in [-0.39, 0.29) is 16.5 Å². The molecule has 1 aromatic carbocycles. The molecule has 0 unspecified atom stereocenters. The first-order valence-corrected chi connectivity index (χ1v) is 11.3. The summed E-state index contributed by atoms with van der Waals surface area (Å²) in [6.07, 6.45) is 3.98. The van der Waals surface area contributed by atoms with Gasteiger partial charge in [0.2, 0.25) is 5.88 Å². The maximum absolute atomic E-state index is 12.9. The lowest BCUT2D eigenvalue weighted by molar-refractivity contribution is 0.102. The summed E-state index contributed by atoms with van der Waals surface area (Å²) in [4.78, 5) is 16.6. The van der Waals surface area contributed by atoms with Crippen molar-refractivity contribution in [1.29, 1.82) is 0 Å². The highest BCUT2D eigenvalue weighted by Crippen LogP contribution is 2.28. The molecule has 2 heterocycles. The number of pyridine rings is 1. The number of nitrogens with one attached hydrogen (secondary N) is 2. The minimum atomic E-state index is -4.05. The molecule has 0 aliphatic heterocycles. The highest BCUT2D eigenvalue weighted by Gasteiger charge is 2.26. The Labute approximate surface area is 184 Å². The second-order valence-corrected chi connectivity index (χ2v) is 9.14. The zero-order valence-corrected chi connectivity index (χ0v) is 18.4. The number of anilines is 2. The summed E-state index contributed by atoms with van der Waals surface area (Å²) in [6, 6.07) is 7.50. The molecule has 31 heavy (non-hydrogen) atoms. The Hall–Kier alpha value is -3.11. The number of hydrogen-bond acceptors (Lipinski definition) is 6. The molecule has 2 aromatic heterocycles. The molecule has 0 spiro atoms. The van der Waals surface area contributed by atoms with Gasteiger partial charge in [0, 0.05) is 29.0 Å². The summed E-state index contributed by atoms with van der Waals surface area (Å²) in [5.41, 5.74) is 2.85. The minimum Gasteiger partial charge on any atom is -0.480 e. The van der Waals surface area contributed by atoms with Crippen molar-refractivity contribution in [3.8, 4) is 5.88 Å². The zero-order valence-electron chi connectivity index (χ0n) is 16.8. The first-order valence-electron chi connectivity index (χ1n) is 9.47. The highest BCUT2D eigenvalue weighted by molar-refractivity contribution is 7.92. The molecule has 1 amide bonds. The fourth-order valence-electron chi connectivity index (χ4n) is 3.56. The lowest BCUT2D eigenvalue weighted by Gasteiger charge is -2.13. The topological polar surface area (TPSA) is 115 Å². The highest BCUT2D eigenvalue weighted by atomic mass is 35.5. The Morgan fingerprint density at radius 2 is 1.94 bits per heavy atom. The second-order valence-electron chi connectivity index (χ2n) is 7.05. The molecule has 1 aliphatic carbocycles. The van der Waals surface area contributed by atoms with E-state index in [1.165, 1.54) is 31.5 Å². The van der Waals surface area contributed by atoms with Gasteiger partial charge in [0.15, 0.2) is 10.6 Å². The summed E-state index contributed by atoms with van der Waals surface area (Å²) >= 11 is 5.85. The predicted octanol–water partition coefficient (Wildman–Crippen LogP) is 3.02. The zero-order chi connectivity index (χ0) is 22.2. The van der Waals surface area contributed by atoms with E-state index in [2.05, 4.69) is 20.1 Å². The number of benzene rings is 1. The lowest BCUT2D eigenvalue weighted by Crippen LogP contribution is -2.18. The molecule has 0 radical (unpaired) electrons. The number of aryl methyl sites for hydroxylation is 1. The van der Waals surface area contributed by atoms with Crippen LogP contribution in [0.3, 0.4) is 0 Å². The molecule has 0 saturated carbocycles. The molecule has 3 aromatic rings. The van der Waals surface area contributed by atoms with Crippen LogP contribution in [0.5, 0.6) is 5.88 Å². The SMILES string of the molecule is COc1ncc(NC(=O)c2nn(C)c3c2CCC3)cc1S(=O)(=O)Nc1ccc(Cl)cc1. The number of methoxy groups -OCH3 is 1. The van der Waals surface area contributed by atoms with Gasteiger partial charge in [-0.2, -0.15) is 5.10 Å². The van der Waals surface area contributed by atoms with Crippen LogP contribution in [0.4, 0.5) is 11.4 Å². The molecular weight excluding hydrogens is 442 g/mol. The standard InChI is InChI=1S/C20H20ClN5O4S/c1-26-16-5-3-4-15(16)18(24-26)19(27)23-14-10-17(20(30-2)22-11-14)31(28,29)25-13-8-6-12(21)7-9-13/h6-11,25H,3-5H2,1-2H3,(H,23,27). The van der Waals surface area contributed by atoms with Gasteiger partial charge >= 0.3 is 0 Å². The van der Waals surface area contributed by atoms with Crippen LogP contribution in [0, 0.1) is 0 Å². The number of aromatic nitrogens is 3. The summed E-state index contributed by atoms with van der Waals surface area (Å²) in [5, 5.41) is 7.49. The largest absolute Gasteiger partial charge is 0.480 e. The molecule has 0 fully saturated rings. The molecule has 4 rings (SSSR count). The molecule has 162 valence electrons. The van der Waals surface area contributed by atoms with Crippen molar-refractivity contribution in [3.05, 3.63) is 58.5 Å². The molecule has 0 bridgehead atoms. The summed E-state index contributed by atoms with van der Waals surface area (Å²) in [7, 11) is -0.922. The Morgan fingerprint density at radius 3 is 2.65 bits per heavy atom. The second kappa shape index (κ2) is 8.20. The van der Waals surface area contributed by atoms with Crippen molar-refractivity contribution < 1.29 is 17.9 Å². The molecular formula is C20H20ClN5O4S. The number of carbonyl (C=O) groups is 1. The maximum atomic E-state index is 12.9. The number of ether oxygens (including phenoxy) is 1. The van der Waals surface area contributed by atoms with Gasteiger partial charge in [0.25, 0.3) is 15.9 Å². The van der Waals surface area contributed by atoms with E-state index in [0.29, 0.717) is 16.4 Å². The van der Waals surface area contributed by atoms with Crippen LogP contribution in [-0.2, 0) is 29.9 Å². The first-order chi connectivity index (χ1) is 14.8. The Kier molecular flexibility index (Phi) is 5.59. The van der Waals surface area contributed by atoms with Crippen molar-refractivity contribution >= 4 is 38.9 Å². The van der Waals surface area contributed by atoms with Crippen LogP contribution in [-0.4, -0.2) is 36.2 Å². The van der Waals surface area contributed by atoms with Crippen molar-refractivity contribution in [1.82, 2.24) is 14.8 Å². The molecule has 1 aliphatic rings. The van der Waals surface area contributed by atoms with Gasteiger partial charge in [-0.25, -0.2) is 13.4 Å². The van der Waals surface area contributed by atoms with Gasteiger partial charge in [-0.15, -0.1) is 0 Å². The number of carbonyl (C=O) groups excluding carboxylic acids is 1. The molecule has 0 atom stereocenters. The Morgan fingerprint density at radius 1 is 1.19 bits per heavy atom. The van der Waals surface area contributed by atoms with Gasteiger partial charge in [0.1, 0.15) is 0 Å². The monoisotopic (exact) mass is 461 g/mol. The number of rotatable bonds is 6. The quantitative estimate of drug-likeness (QED) is 0.583. The average Bonchev–Trinajstić information content (AvgIpc) is 3.34. The van der Waals surface area contributed by atoms with Crippen LogP contribution in [0.2, 0.25) is 5.02 Å². The molecule has 2 N–H and O–H groups in total. The number of sulfonamides is 1. The fourth-order valence-corrected chi connectivity index (χ4v) is 4.89. The Balaban J connectivity index is 1.62. The minimum absolute atomic E-state index is 0.0989. The number of nitrogens with zero attached hydrogens (tertiary/aromatic N) is 3. The van der Waals surface area contributed by atoms with Gasteiger partial charge in [-0.3, -0.25) is 14.2 Å². The van der Waals surface area contributed by atoms with Crippen molar-refractivity contribution in [2.75, 3.05) is 17.1 Å². The van der Waals surface area contributed by atoms with Gasteiger partial charge in [-0.1, -0.05) is 11.6 Å². The van der Waals surface area contributed by atoms with Crippen molar-refractivity contribution in [2.45, 2.75) is 24.2 Å². The third-order valence-electron chi connectivity index (χ3n) is 4.99. The van der Waals surface area contributed by atoms with Crippen LogP contribution < -0.4 is 14.8 Å². The molecule has 0 saturated heterocycles. The van der Waals surface area contributed by atoms with E-state index < -0.39 is 15.9 Å². The third kappa shape index (κ3) is 4.21. The van der Waals surface area contributed by atoms with Crippen LogP contribution >= 0.6 is 11.6 Å². The number of amides is 1. The van der Waals surface area contributed by atoms with Gasteiger partial charge < -0.3 is 10.1 Å². The van der Waals surface area contributed by atoms with E-state index in [1.54, 1.807) is 16.8 Å². The van der Waals surface area contributed by atoms with Crippen LogP contribution in [0.15, 0.2) is 41.4 Å².